The Balaban J connectivity index is 1.23. The number of nitrogens with zero attached hydrogens (tertiary/aromatic N) is 4. The molecule has 1 aromatic heterocycles. The molecule has 0 unspecified atom stereocenters. The van der Waals surface area contributed by atoms with Crippen LogP contribution in [0.1, 0.15) is 34.5 Å². The molecule has 3 aromatic carbocycles. The van der Waals surface area contributed by atoms with Crippen molar-refractivity contribution in [1.82, 2.24) is 0 Å². The summed E-state index contributed by atoms with van der Waals surface area (Å²) in [6.07, 6.45) is 2.95. The molecule has 0 saturated heterocycles. The number of aliphatic hydroxyl groups is 1. The topological polar surface area (TPSA) is 138 Å². The number of nitrogens with one attached hydrogen (secondary N) is 1. The number of hydrogen-bond acceptors (Lipinski definition) is 9. The Hall–Kier alpha value is -4.70. The van der Waals surface area contributed by atoms with Crippen molar-refractivity contribution in [3.63, 3.8) is 0 Å². The third-order valence-electron chi connectivity index (χ3n) is 5.83. The second kappa shape index (κ2) is 10.5. The van der Waals surface area contributed by atoms with Crippen molar-refractivity contribution in [3.05, 3.63) is 106 Å². The SMILES string of the molecule is O=C(Nc1cccc2c(=O)cc(C3(O)N=NN=N3)oc12)c1ccc(OCCCCc2ccccc2)cc1. The Morgan fingerprint density at radius 1 is 0.946 bits per heavy atom. The molecule has 0 bridgehead atoms. The van der Waals surface area contributed by atoms with E-state index in [1.807, 2.05) is 18.2 Å². The highest BCUT2D eigenvalue weighted by Crippen LogP contribution is 2.32. The van der Waals surface area contributed by atoms with E-state index in [0.29, 0.717) is 17.9 Å². The summed E-state index contributed by atoms with van der Waals surface area (Å²) < 4.78 is 11.5. The molecular weight excluding hydrogens is 474 g/mol. The molecule has 1 amide bonds. The minimum absolute atomic E-state index is 0.0690. The maximum Gasteiger partial charge on any atom is 0.354 e. The van der Waals surface area contributed by atoms with Crippen LogP contribution in [0.3, 0.4) is 0 Å². The number of para-hydroxylation sites is 1. The van der Waals surface area contributed by atoms with Crippen molar-refractivity contribution >= 4 is 22.6 Å². The van der Waals surface area contributed by atoms with Crippen LogP contribution in [0.25, 0.3) is 11.0 Å². The van der Waals surface area contributed by atoms with Crippen molar-refractivity contribution in [2.75, 3.05) is 11.9 Å². The number of benzene rings is 3. The smallest absolute Gasteiger partial charge is 0.354 e. The summed E-state index contributed by atoms with van der Waals surface area (Å²) in [5.74, 6) is -2.22. The molecule has 1 aliphatic heterocycles. The maximum atomic E-state index is 12.9. The van der Waals surface area contributed by atoms with Gasteiger partial charge in [-0.1, -0.05) is 46.6 Å². The Kier molecular flexibility index (Phi) is 6.82. The van der Waals surface area contributed by atoms with Crippen LogP contribution >= 0.6 is 0 Å². The number of fused-ring (bicyclic) bond motifs is 1. The molecule has 0 atom stereocenters. The molecule has 2 N–H and O–H groups in total. The van der Waals surface area contributed by atoms with E-state index in [4.69, 9.17) is 9.15 Å². The van der Waals surface area contributed by atoms with Crippen molar-refractivity contribution in [1.29, 1.82) is 0 Å². The molecule has 10 nitrogen and oxygen atoms in total. The van der Waals surface area contributed by atoms with Crippen molar-refractivity contribution < 1.29 is 19.1 Å². The van der Waals surface area contributed by atoms with E-state index in [2.05, 4.69) is 38.1 Å². The number of hydrogen-bond donors (Lipinski definition) is 2. The van der Waals surface area contributed by atoms with E-state index < -0.39 is 17.2 Å². The Morgan fingerprint density at radius 3 is 2.46 bits per heavy atom. The van der Waals surface area contributed by atoms with Gasteiger partial charge in [0.15, 0.2) is 16.8 Å². The fraction of sp³-hybridized carbons (Fsp3) is 0.185. The molecule has 0 fully saturated rings. The normalized spacial score (nSPS) is 13.6. The molecule has 2 heterocycles. The highest BCUT2D eigenvalue weighted by molar-refractivity contribution is 6.07. The predicted octanol–water partition coefficient (Wildman–Crippen LogP) is 5.38. The van der Waals surface area contributed by atoms with Crippen LogP contribution in [-0.2, 0) is 12.3 Å². The number of carbonyl (C=O) groups is 1. The van der Waals surface area contributed by atoms with Crippen molar-refractivity contribution in [3.8, 4) is 5.75 Å². The van der Waals surface area contributed by atoms with Crippen LogP contribution < -0.4 is 15.5 Å². The average Bonchev–Trinajstić information content (AvgIpc) is 3.37. The summed E-state index contributed by atoms with van der Waals surface area (Å²) in [5.41, 5.74) is 1.58. The minimum atomic E-state index is -2.22. The van der Waals surface area contributed by atoms with Crippen LogP contribution in [0, 0.1) is 0 Å². The Bertz CT molecular complexity index is 1520. The van der Waals surface area contributed by atoms with Crippen LogP contribution in [-0.4, -0.2) is 17.6 Å². The first-order valence-electron chi connectivity index (χ1n) is 11.7. The number of amides is 1. The molecule has 186 valence electrons. The first-order chi connectivity index (χ1) is 18.0. The number of unbranched alkanes of at least 4 members (excludes halogenated alkanes) is 1. The molecule has 0 spiro atoms. The highest BCUT2D eigenvalue weighted by atomic mass is 16.5. The largest absolute Gasteiger partial charge is 0.494 e. The maximum absolute atomic E-state index is 12.9. The van der Waals surface area contributed by atoms with Crippen molar-refractivity contribution in [2.24, 2.45) is 20.7 Å². The second-order valence-corrected chi connectivity index (χ2v) is 8.44. The summed E-state index contributed by atoms with van der Waals surface area (Å²) in [6.45, 7) is 0.585. The fourth-order valence-corrected chi connectivity index (χ4v) is 3.89. The van der Waals surface area contributed by atoms with Gasteiger partial charge in [0.05, 0.1) is 17.7 Å². The molecule has 5 rings (SSSR count). The highest BCUT2D eigenvalue weighted by Gasteiger charge is 2.36. The fourth-order valence-electron chi connectivity index (χ4n) is 3.89. The molecule has 0 aliphatic carbocycles. The summed E-state index contributed by atoms with van der Waals surface area (Å²) in [4.78, 5) is 25.5. The lowest BCUT2D eigenvalue weighted by Crippen LogP contribution is -2.20. The molecule has 4 aromatic rings. The van der Waals surface area contributed by atoms with Crippen LogP contribution in [0.15, 0.2) is 109 Å². The van der Waals surface area contributed by atoms with E-state index in [1.165, 1.54) is 5.56 Å². The van der Waals surface area contributed by atoms with E-state index in [0.717, 1.165) is 25.3 Å². The van der Waals surface area contributed by atoms with Gasteiger partial charge in [0.25, 0.3) is 5.91 Å². The first-order valence-corrected chi connectivity index (χ1v) is 11.7. The van der Waals surface area contributed by atoms with Crippen molar-refractivity contribution in [2.45, 2.75) is 25.1 Å². The van der Waals surface area contributed by atoms with Gasteiger partial charge in [-0.3, -0.25) is 9.59 Å². The lowest BCUT2D eigenvalue weighted by atomic mass is 10.1. The van der Waals surface area contributed by atoms with Crippen LogP contribution in [0.4, 0.5) is 5.69 Å². The molecular formula is C27H23N5O5. The van der Waals surface area contributed by atoms with Gasteiger partial charge in [0.1, 0.15) is 5.75 Å². The zero-order valence-corrected chi connectivity index (χ0v) is 19.7. The van der Waals surface area contributed by atoms with Gasteiger partial charge in [-0.05, 0) is 71.7 Å². The number of ether oxygens (including phenoxy) is 1. The first kappa shape index (κ1) is 24.0. The van der Waals surface area contributed by atoms with E-state index in [9.17, 15) is 14.7 Å². The van der Waals surface area contributed by atoms with E-state index >= 15 is 0 Å². The Morgan fingerprint density at radius 2 is 1.70 bits per heavy atom. The van der Waals surface area contributed by atoms with E-state index in [-0.39, 0.29) is 22.4 Å². The third-order valence-corrected chi connectivity index (χ3v) is 5.83. The average molecular weight is 498 g/mol. The van der Waals surface area contributed by atoms with Crippen LogP contribution in [0.2, 0.25) is 0 Å². The summed E-state index contributed by atoms with van der Waals surface area (Å²) in [6, 6.07) is 22.9. The number of anilines is 1. The van der Waals surface area contributed by atoms with Gasteiger partial charge >= 0.3 is 5.85 Å². The number of carbonyl (C=O) groups excluding carboxylic acids is 1. The molecule has 37 heavy (non-hydrogen) atoms. The van der Waals surface area contributed by atoms with Gasteiger partial charge in [-0.15, -0.1) is 0 Å². The van der Waals surface area contributed by atoms with Gasteiger partial charge in [0.2, 0.25) is 0 Å². The quantitative estimate of drug-likeness (QED) is 0.299. The second-order valence-electron chi connectivity index (χ2n) is 8.44. The molecule has 0 radical (unpaired) electrons. The standard InChI is InChI=1S/C27H23N5O5/c33-23-17-24(27(35)29-31-32-30-27)37-25-21(23)10-6-11-22(25)28-26(34)19-12-14-20(15-13-19)36-16-5-4-9-18-7-2-1-3-8-18/h1-3,6-8,10-15,17,35H,4-5,9,16H2,(H,28,34). The Labute approximate surface area is 211 Å². The third kappa shape index (κ3) is 5.44. The van der Waals surface area contributed by atoms with Gasteiger partial charge in [-0.2, -0.15) is 0 Å². The van der Waals surface area contributed by atoms with Crippen LogP contribution in [0.5, 0.6) is 5.75 Å². The number of rotatable bonds is 9. The van der Waals surface area contributed by atoms with Gasteiger partial charge in [0, 0.05) is 11.6 Å². The minimum Gasteiger partial charge on any atom is -0.494 e. The summed E-state index contributed by atoms with van der Waals surface area (Å²) in [5, 5.41) is 26.9. The molecule has 1 aliphatic rings. The lowest BCUT2D eigenvalue weighted by molar-refractivity contribution is 0.0304. The van der Waals surface area contributed by atoms with Gasteiger partial charge < -0.3 is 19.6 Å². The molecule has 10 heteroatoms. The summed E-state index contributed by atoms with van der Waals surface area (Å²) >= 11 is 0. The predicted molar refractivity (Wildman–Crippen MR) is 135 cm³/mol. The van der Waals surface area contributed by atoms with Gasteiger partial charge in [-0.25, -0.2) is 0 Å². The lowest BCUT2D eigenvalue weighted by Gasteiger charge is -2.13. The zero-order valence-electron chi connectivity index (χ0n) is 19.7. The zero-order chi connectivity index (χ0) is 25.7. The van der Waals surface area contributed by atoms with E-state index in [1.54, 1.807) is 42.5 Å². The monoisotopic (exact) mass is 497 g/mol. The molecule has 0 saturated carbocycles. The number of aryl methyl sites for hydroxylation is 1. The summed E-state index contributed by atoms with van der Waals surface area (Å²) in [7, 11) is 0.